The van der Waals surface area contributed by atoms with Crippen LogP contribution in [0.2, 0.25) is 0 Å². The molecule has 0 fully saturated rings. The largest absolute Gasteiger partial charge is 0.269 e. The fourth-order valence-corrected chi connectivity index (χ4v) is 5.65. The summed E-state index contributed by atoms with van der Waals surface area (Å²) >= 11 is 1.36. The Balaban J connectivity index is 1.57. The number of amides is 1. The number of rotatable bonds is 5. The van der Waals surface area contributed by atoms with E-state index in [1.165, 1.54) is 23.0 Å². The van der Waals surface area contributed by atoms with E-state index in [1.54, 1.807) is 18.2 Å². The molecule has 1 aromatic heterocycles. The molecule has 1 atom stereocenters. The quantitative estimate of drug-likeness (QED) is 0.611. The van der Waals surface area contributed by atoms with Crippen molar-refractivity contribution in [1.29, 1.82) is 0 Å². The highest BCUT2D eigenvalue weighted by Crippen LogP contribution is 2.32. The van der Waals surface area contributed by atoms with Crippen molar-refractivity contribution in [3.8, 4) is 11.3 Å². The SMILES string of the molecule is CCC(C)c1ccc(-c2csc(CN3C(=O)c4ccccc4S3(=O)=O)n2)cc1. The molecule has 0 saturated carbocycles. The Kier molecular flexibility index (Phi) is 4.81. The highest BCUT2D eigenvalue weighted by Gasteiger charge is 2.41. The van der Waals surface area contributed by atoms with E-state index in [-0.39, 0.29) is 17.0 Å². The zero-order chi connectivity index (χ0) is 19.9. The van der Waals surface area contributed by atoms with Crippen molar-refractivity contribution in [2.75, 3.05) is 0 Å². The Labute approximate surface area is 168 Å². The predicted octanol–water partition coefficient (Wildman–Crippen LogP) is 4.67. The lowest BCUT2D eigenvalue weighted by Crippen LogP contribution is -2.29. The van der Waals surface area contributed by atoms with Crippen LogP contribution in [0.25, 0.3) is 11.3 Å². The second-order valence-electron chi connectivity index (χ2n) is 6.87. The van der Waals surface area contributed by atoms with Crippen LogP contribution < -0.4 is 0 Å². The smallest absolute Gasteiger partial charge is 0.268 e. The molecule has 1 aliphatic heterocycles. The maximum atomic E-state index is 12.7. The van der Waals surface area contributed by atoms with Crippen molar-refractivity contribution in [1.82, 2.24) is 9.29 Å². The molecular weight excluding hydrogens is 392 g/mol. The van der Waals surface area contributed by atoms with Crippen LogP contribution in [-0.4, -0.2) is 23.6 Å². The van der Waals surface area contributed by atoms with Gasteiger partial charge in [0.25, 0.3) is 15.9 Å². The van der Waals surface area contributed by atoms with Crippen molar-refractivity contribution < 1.29 is 13.2 Å². The summed E-state index contributed by atoms with van der Waals surface area (Å²) in [5, 5.41) is 2.49. The molecule has 28 heavy (non-hydrogen) atoms. The summed E-state index contributed by atoms with van der Waals surface area (Å²) in [6.07, 6.45) is 1.08. The summed E-state index contributed by atoms with van der Waals surface area (Å²) in [4.78, 5) is 17.2. The van der Waals surface area contributed by atoms with Crippen LogP contribution >= 0.6 is 11.3 Å². The maximum Gasteiger partial charge on any atom is 0.269 e. The topological polar surface area (TPSA) is 67.3 Å². The van der Waals surface area contributed by atoms with Gasteiger partial charge >= 0.3 is 0 Å². The van der Waals surface area contributed by atoms with E-state index in [2.05, 4.69) is 31.0 Å². The lowest BCUT2D eigenvalue weighted by Gasteiger charge is -2.13. The van der Waals surface area contributed by atoms with Crippen molar-refractivity contribution >= 4 is 27.3 Å². The molecule has 0 radical (unpaired) electrons. The Bertz CT molecular complexity index is 1130. The van der Waals surface area contributed by atoms with Gasteiger partial charge < -0.3 is 0 Å². The third kappa shape index (κ3) is 3.14. The lowest BCUT2D eigenvalue weighted by atomic mass is 9.97. The molecule has 2 aromatic carbocycles. The van der Waals surface area contributed by atoms with Gasteiger partial charge in [-0.15, -0.1) is 11.3 Å². The summed E-state index contributed by atoms with van der Waals surface area (Å²) in [5.41, 5.74) is 3.28. The highest BCUT2D eigenvalue weighted by atomic mass is 32.2. The number of carbonyl (C=O) groups excluding carboxylic acids is 1. The highest BCUT2D eigenvalue weighted by molar-refractivity contribution is 7.90. The molecule has 0 N–H and O–H groups in total. The van der Waals surface area contributed by atoms with Crippen LogP contribution in [-0.2, 0) is 16.6 Å². The number of nitrogens with zero attached hydrogens (tertiary/aromatic N) is 2. The molecule has 7 heteroatoms. The standard InChI is InChI=1S/C21H20N2O3S2/c1-3-14(2)15-8-10-16(11-9-15)18-13-27-20(22-18)12-23-21(24)17-6-4-5-7-19(17)28(23,25)26/h4-11,13-14H,3,12H2,1-2H3. The molecule has 5 nitrogen and oxygen atoms in total. The van der Waals surface area contributed by atoms with Gasteiger partial charge in [-0.2, -0.15) is 0 Å². The van der Waals surface area contributed by atoms with Crippen molar-refractivity contribution in [3.05, 3.63) is 70.0 Å². The van der Waals surface area contributed by atoms with Gasteiger partial charge in [-0.25, -0.2) is 17.7 Å². The fourth-order valence-electron chi connectivity index (χ4n) is 3.24. The van der Waals surface area contributed by atoms with Gasteiger partial charge in [-0.05, 0) is 30.0 Å². The van der Waals surface area contributed by atoms with Gasteiger partial charge in [-0.1, -0.05) is 50.2 Å². The van der Waals surface area contributed by atoms with E-state index in [4.69, 9.17) is 0 Å². The van der Waals surface area contributed by atoms with E-state index in [1.807, 2.05) is 17.5 Å². The number of hydrogen-bond acceptors (Lipinski definition) is 5. The summed E-state index contributed by atoms with van der Waals surface area (Å²) in [7, 11) is -3.82. The number of benzene rings is 2. The molecule has 144 valence electrons. The molecule has 2 heterocycles. The van der Waals surface area contributed by atoms with Crippen LogP contribution in [0.3, 0.4) is 0 Å². The molecule has 4 rings (SSSR count). The Hall–Kier alpha value is -2.51. The zero-order valence-corrected chi connectivity index (χ0v) is 17.3. The number of fused-ring (bicyclic) bond motifs is 1. The number of aromatic nitrogens is 1. The van der Waals surface area contributed by atoms with Crippen LogP contribution in [0.4, 0.5) is 0 Å². The molecule has 1 unspecified atom stereocenters. The third-order valence-electron chi connectivity index (χ3n) is 5.13. The minimum atomic E-state index is -3.82. The molecule has 0 saturated heterocycles. The molecule has 0 aliphatic carbocycles. The van der Waals surface area contributed by atoms with E-state index < -0.39 is 15.9 Å². The first kappa shape index (κ1) is 18.8. The van der Waals surface area contributed by atoms with Gasteiger partial charge in [0.15, 0.2) is 0 Å². The average molecular weight is 413 g/mol. The number of sulfonamides is 1. The van der Waals surface area contributed by atoms with Crippen LogP contribution in [0, 0.1) is 0 Å². The summed E-state index contributed by atoms with van der Waals surface area (Å²) < 4.78 is 26.3. The second-order valence-corrected chi connectivity index (χ2v) is 9.64. The van der Waals surface area contributed by atoms with E-state index in [9.17, 15) is 13.2 Å². The van der Waals surface area contributed by atoms with Crippen LogP contribution in [0.1, 0.15) is 47.1 Å². The van der Waals surface area contributed by atoms with E-state index in [0.717, 1.165) is 22.0 Å². The van der Waals surface area contributed by atoms with E-state index >= 15 is 0 Å². The lowest BCUT2D eigenvalue weighted by molar-refractivity contribution is 0.0865. The first-order valence-electron chi connectivity index (χ1n) is 9.12. The van der Waals surface area contributed by atoms with Crippen LogP contribution in [0.15, 0.2) is 58.8 Å². The van der Waals surface area contributed by atoms with Gasteiger partial charge in [0.05, 0.1) is 17.8 Å². The fraction of sp³-hybridized carbons (Fsp3) is 0.238. The summed E-state index contributed by atoms with van der Waals surface area (Å²) in [5.74, 6) is 0.0123. The van der Waals surface area contributed by atoms with Gasteiger partial charge in [0.1, 0.15) is 9.90 Å². The van der Waals surface area contributed by atoms with Crippen molar-refractivity contribution in [2.45, 2.75) is 37.6 Å². The first-order valence-corrected chi connectivity index (χ1v) is 11.4. The second kappa shape index (κ2) is 7.14. The Morgan fingerprint density at radius 3 is 2.50 bits per heavy atom. The molecule has 3 aromatic rings. The Morgan fingerprint density at radius 2 is 1.82 bits per heavy atom. The van der Waals surface area contributed by atoms with Crippen molar-refractivity contribution in [3.63, 3.8) is 0 Å². The Morgan fingerprint density at radius 1 is 1.11 bits per heavy atom. The molecule has 0 spiro atoms. The van der Waals surface area contributed by atoms with Crippen LogP contribution in [0.5, 0.6) is 0 Å². The van der Waals surface area contributed by atoms with Crippen molar-refractivity contribution in [2.24, 2.45) is 0 Å². The number of hydrogen-bond donors (Lipinski definition) is 0. The monoisotopic (exact) mass is 412 g/mol. The molecular formula is C21H20N2O3S2. The predicted molar refractivity (Wildman–Crippen MR) is 110 cm³/mol. The minimum Gasteiger partial charge on any atom is -0.268 e. The first-order chi connectivity index (χ1) is 13.4. The normalized spacial score (nSPS) is 16.2. The molecule has 1 aliphatic rings. The average Bonchev–Trinajstić information content (AvgIpc) is 3.26. The summed E-state index contributed by atoms with van der Waals surface area (Å²) in [6.45, 7) is 4.31. The van der Waals surface area contributed by atoms with Gasteiger partial charge in [0.2, 0.25) is 0 Å². The zero-order valence-electron chi connectivity index (χ0n) is 15.6. The molecule has 1 amide bonds. The maximum absolute atomic E-state index is 12.7. The number of thiazole rings is 1. The minimum absolute atomic E-state index is 0.0501. The van der Waals surface area contributed by atoms with Gasteiger partial charge in [-0.3, -0.25) is 4.79 Å². The summed E-state index contributed by atoms with van der Waals surface area (Å²) in [6, 6.07) is 14.6. The van der Waals surface area contributed by atoms with Gasteiger partial charge in [0, 0.05) is 10.9 Å². The molecule has 0 bridgehead atoms. The van der Waals surface area contributed by atoms with E-state index in [0.29, 0.717) is 10.9 Å². The number of carbonyl (C=O) groups is 1. The third-order valence-corrected chi connectivity index (χ3v) is 7.75.